The Hall–Kier alpha value is -2.48. The molecule has 22 heavy (non-hydrogen) atoms. The Bertz CT molecular complexity index is 645. The van der Waals surface area contributed by atoms with Crippen molar-refractivity contribution in [2.24, 2.45) is 0 Å². The summed E-state index contributed by atoms with van der Waals surface area (Å²) < 4.78 is 13.6. The summed E-state index contributed by atoms with van der Waals surface area (Å²) in [5.41, 5.74) is 0.868. The van der Waals surface area contributed by atoms with Crippen LogP contribution < -0.4 is 10.1 Å². The lowest BCUT2D eigenvalue weighted by atomic mass is 10.1. The van der Waals surface area contributed by atoms with Crippen molar-refractivity contribution >= 4 is 23.4 Å². The largest absolute Gasteiger partial charge is 0.480 e. The summed E-state index contributed by atoms with van der Waals surface area (Å²) in [7, 11) is 2.75. The van der Waals surface area contributed by atoms with Crippen molar-refractivity contribution in [3.8, 4) is 5.88 Å². The molecule has 1 N–H and O–H groups in total. The molecule has 0 aliphatic rings. The average molecular weight is 321 g/mol. The molecular formula is C14H15N3O4S. The quantitative estimate of drug-likeness (QED) is 0.800. The monoisotopic (exact) mass is 321 g/mol. The van der Waals surface area contributed by atoms with E-state index in [1.54, 1.807) is 24.5 Å². The lowest BCUT2D eigenvalue weighted by molar-refractivity contribution is -0.142. The number of carbonyl (C=O) groups excluding carboxylic acids is 2. The van der Waals surface area contributed by atoms with E-state index < -0.39 is 17.9 Å². The molecule has 1 amide bonds. The summed E-state index contributed by atoms with van der Waals surface area (Å²) in [6, 6.07) is 4.28. The van der Waals surface area contributed by atoms with Gasteiger partial charge in [0.2, 0.25) is 5.88 Å². The molecule has 2 aromatic heterocycles. The fourth-order valence-electron chi connectivity index (χ4n) is 1.78. The summed E-state index contributed by atoms with van der Waals surface area (Å²) in [5, 5.41) is 2.65. The lowest BCUT2D eigenvalue weighted by Gasteiger charge is -2.15. The van der Waals surface area contributed by atoms with Gasteiger partial charge in [0.1, 0.15) is 10.9 Å². The molecule has 7 nitrogen and oxygen atoms in total. The van der Waals surface area contributed by atoms with Crippen molar-refractivity contribution < 1.29 is 19.1 Å². The van der Waals surface area contributed by atoms with E-state index in [4.69, 9.17) is 9.47 Å². The Kier molecular flexibility index (Phi) is 5.42. The van der Waals surface area contributed by atoms with Crippen molar-refractivity contribution in [3.63, 3.8) is 0 Å². The van der Waals surface area contributed by atoms with E-state index in [0.29, 0.717) is 17.2 Å². The van der Waals surface area contributed by atoms with E-state index in [-0.39, 0.29) is 0 Å². The Balaban J connectivity index is 2.09. The number of nitrogens with one attached hydrogen (secondary N) is 1. The molecule has 2 aromatic rings. The van der Waals surface area contributed by atoms with Gasteiger partial charge in [-0.15, -0.1) is 0 Å². The third-order valence-corrected chi connectivity index (χ3v) is 3.67. The second-order valence-electron chi connectivity index (χ2n) is 4.34. The molecule has 0 saturated heterocycles. The molecule has 2 rings (SSSR count). The van der Waals surface area contributed by atoms with Crippen LogP contribution in [0.15, 0.2) is 30.6 Å². The van der Waals surface area contributed by atoms with E-state index in [9.17, 15) is 9.59 Å². The number of methoxy groups -OCH3 is 2. The maximum Gasteiger partial charge on any atom is 0.328 e. The first-order valence-electron chi connectivity index (χ1n) is 6.42. The summed E-state index contributed by atoms with van der Waals surface area (Å²) >= 11 is 1.00. The van der Waals surface area contributed by atoms with Gasteiger partial charge in [0.15, 0.2) is 0 Å². The molecule has 0 saturated carbocycles. The van der Waals surface area contributed by atoms with Crippen LogP contribution in [-0.4, -0.2) is 41.5 Å². The maximum atomic E-state index is 12.2. The molecule has 0 aliphatic heterocycles. The van der Waals surface area contributed by atoms with Gasteiger partial charge < -0.3 is 14.8 Å². The first kappa shape index (κ1) is 15.9. The minimum Gasteiger partial charge on any atom is -0.480 e. The van der Waals surface area contributed by atoms with E-state index in [1.165, 1.54) is 20.3 Å². The number of hydrogen-bond acceptors (Lipinski definition) is 7. The van der Waals surface area contributed by atoms with E-state index in [0.717, 1.165) is 17.1 Å². The Morgan fingerprint density at radius 3 is 2.64 bits per heavy atom. The fraction of sp³-hybridized carbons (Fsp3) is 0.286. The number of pyridine rings is 1. The Labute approximate surface area is 131 Å². The van der Waals surface area contributed by atoms with E-state index >= 15 is 0 Å². The first-order chi connectivity index (χ1) is 10.6. The lowest BCUT2D eigenvalue weighted by Crippen LogP contribution is -2.42. The van der Waals surface area contributed by atoms with Crippen molar-refractivity contribution in [1.82, 2.24) is 14.7 Å². The zero-order chi connectivity index (χ0) is 15.9. The van der Waals surface area contributed by atoms with Crippen LogP contribution in [0.3, 0.4) is 0 Å². The van der Waals surface area contributed by atoms with Crippen LogP contribution in [0.5, 0.6) is 5.88 Å². The zero-order valence-corrected chi connectivity index (χ0v) is 12.9. The van der Waals surface area contributed by atoms with Crippen molar-refractivity contribution in [2.75, 3.05) is 14.2 Å². The van der Waals surface area contributed by atoms with E-state index in [2.05, 4.69) is 14.7 Å². The standard InChI is InChI=1S/C14H15N3O4S/c1-20-12-8-11(22-17-12)13(18)16-10(14(19)21-2)7-9-3-5-15-6-4-9/h3-6,8,10H,7H2,1-2H3,(H,16,18). The maximum absolute atomic E-state index is 12.2. The summed E-state index contributed by atoms with van der Waals surface area (Å²) in [4.78, 5) is 28.3. The number of aromatic nitrogens is 2. The number of nitrogens with zero attached hydrogens (tertiary/aromatic N) is 2. The second kappa shape index (κ2) is 7.51. The highest BCUT2D eigenvalue weighted by atomic mass is 32.1. The van der Waals surface area contributed by atoms with Crippen LogP contribution in [-0.2, 0) is 16.0 Å². The SMILES string of the molecule is COC(=O)C(Cc1ccncc1)NC(=O)c1cc(OC)ns1. The van der Waals surface area contributed by atoms with Gasteiger partial charge >= 0.3 is 5.97 Å². The number of rotatable bonds is 6. The number of hydrogen-bond donors (Lipinski definition) is 1. The highest BCUT2D eigenvalue weighted by Crippen LogP contribution is 2.16. The topological polar surface area (TPSA) is 90.4 Å². The van der Waals surface area contributed by atoms with Crippen molar-refractivity contribution in [2.45, 2.75) is 12.5 Å². The third kappa shape index (κ3) is 4.01. The van der Waals surface area contributed by atoms with Gasteiger partial charge in [0.25, 0.3) is 5.91 Å². The van der Waals surface area contributed by atoms with Gasteiger partial charge in [-0.3, -0.25) is 9.78 Å². The molecule has 0 bridgehead atoms. The molecular weight excluding hydrogens is 306 g/mol. The molecule has 1 unspecified atom stereocenters. The predicted molar refractivity (Wildman–Crippen MR) is 79.9 cm³/mol. The van der Waals surface area contributed by atoms with Gasteiger partial charge in [-0.1, -0.05) is 0 Å². The molecule has 1 atom stereocenters. The van der Waals surface area contributed by atoms with E-state index in [1.807, 2.05) is 0 Å². The minimum absolute atomic E-state index is 0.316. The van der Waals surface area contributed by atoms with Crippen LogP contribution in [0.2, 0.25) is 0 Å². The van der Waals surface area contributed by atoms with Crippen LogP contribution in [0.25, 0.3) is 0 Å². The molecule has 0 radical (unpaired) electrons. The van der Waals surface area contributed by atoms with Gasteiger partial charge in [-0.25, -0.2) is 4.79 Å². The number of esters is 1. The fourth-order valence-corrected chi connectivity index (χ4v) is 2.39. The minimum atomic E-state index is -0.784. The highest BCUT2D eigenvalue weighted by molar-refractivity contribution is 7.08. The number of carbonyl (C=O) groups is 2. The van der Waals surface area contributed by atoms with Gasteiger partial charge in [-0.2, -0.15) is 4.37 Å². The highest BCUT2D eigenvalue weighted by Gasteiger charge is 2.23. The molecule has 8 heteroatoms. The van der Waals surface area contributed by atoms with Gasteiger partial charge in [0, 0.05) is 24.9 Å². The van der Waals surface area contributed by atoms with Gasteiger partial charge in [-0.05, 0) is 29.2 Å². The normalized spacial score (nSPS) is 11.5. The molecule has 0 fully saturated rings. The number of amides is 1. The Morgan fingerprint density at radius 1 is 1.32 bits per heavy atom. The first-order valence-corrected chi connectivity index (χ1v) is 7.19. The summed E-state index contributed by atoms with van der Waals surface area (Å²) in [6.07, 6.45) is 3.57. The zero-order valence-electron chi connectivity index (χ0n) is 12.1. The molecule has 0 aliphatic carbocycles. The van der Waals surface area contributed by atoms with Crippen LogP contribution in [0.1, 0.15) is 15.2 Å². The van der Waals surface area contributed by atoms with Gasteiger partial charge in [0.05, 0.1) is 14.2 Å². The predicted octanol–water partition coefficient (Wildman–Crippen LogP) is 1.06. The molecule has 2 heterocycles. The number of ether oxygens (including phenoxy) is 2. The summed E-state index contributed by atoms with van der Waals surface area (Å²) in [5.74, 6) is -0.550. The Morgan fingerprint density at radius 2 is 2.05 bits per heavy atom. The average Bonchev–Trinajstić information content (AvgIpc) is 3.03. The van der Waals surface area contributed by atoms with Crippen LogP contribution in [0.4, 0.5) is 0 Å². The third-order valence-electron chi connectivity index (χ3n) is 2.90. The molecule has 116 valence electrons. The van der Waals surface area contributed by atoms with Crippen LogP contribution in [0, 0.1) is 0 Å². The second-order valence-corrected chi connectivity index (χ2v) is 5.15. The molecule has 0 aromatic carbocycles. The summed E-state index contributed by atoms with van der Waals surface area (Å²) in [6.45, 7) is 0. The smallest absolute Gasteiger partial charge is 0.328 e. The van der Waals surface area contributed by atoms with Crippen LogP contribution >= 0.6 is 11.5 Å². The van der Waals surface area contributed by atoms with Crippen molar-refractivity contribution in [3.05, 3.63) is 41.0 Å². The molecule has 0 spiro atoms. The van der Waals surface area contributed by atoms with Crippen molar-refractivity contribution in [1.29, 1.82) is 0 Å².